The van der Waals surface area contributed by atoms with E-state index in [0.29, 0.717) is 5.41 Å². The van der Waals surface area contributed by atoms with Crippen LogP contribution in [0.3, 0.4) is 0 Å². The van der Waals surface area contributed by atoms with Gasteiger partial charge in [0.1, 0.15) is 0 Å². The smallest absolute Gasteiger partial charge is 0.0650 e. The Bertz CT molecular complexity index is 423. The van der Waals surface area contributed by atoms with Crippen LogP contribution in [0, 0.1) is 8.99 Å². The van der Waals surface area contributed by atoms with E-state index >= 15 is 0 Å². The van der Waals surface area contributed by atoms with E-state index in [9.17, 15) is 0 Å². The van der Waals surface area contributed by atoms with Gasteiger partial charge >= 0.3 is 0 Å². The largest absolute Gasteiger partial charge is 0.381 e. The SMILES string of the molecule is Clc1cc(I)ccc1N1CC2(CCOCC2)C1. The highest BCUT2D eigenvalue weighted by Crippen LogP contribution is 2.43. The van der Waals surface area contributed by atoms with Gasteiger partial charge in [-0.1, -0.05) is 11.6 Å². The van der Waals surface area contributed by atoms with Crippen molar-refractivity contribution in [1.82, 2.24) is 0 Å². The van der Waals surface area contributed by atoms with Crippen LogP contribution >= 0.6 is 34.2 Å². The van der Waals surface area contributed by atoms with Crippen LogP contribution in [0.25, 0.3) is 0 Å². The van der Waals surface area contributed by atoms with Crippen LogP contribution in [-0.4, -0.2) is 26.3 Å². The quantitative estimate of drug-likeness (QED) is 0.708. The Morgan fingerprint density at radius 2 is 1.94 bits per heavy atom. The number of ether oxygens (including phenoxy) is 1. The summed E-state index contributed by atoms with van der Waals surface area (Å²) in [6, 6.07) is 6.29. The molecule has 3 rings (SSSR count). The van der Waals surface area contributed by atoms with Crippen molar-refractivity contribution in [2.75, 3.05) is 31.2 Å². The van der Waals surface area contributed by atoms with Crippen molar-refractivity contribution in [3.63, 3.8) is 0 Å². The van der Waals surface area contributed by atoms with Gasteiger partial charge < -0.3 is 9.64 Å². The molecule has 0 bridgehead atoms. The Morgan fingerprint density at radius 1 is 1.24 bits per heavy atom. The summed E-state index contributed by atoms with van der Waals surface area (Å²) in [7, 11) is 0. The fourth-order valence-corrected chi connectivity index (χ4v) is 3.77. The van der Waals surface area contributed by atoms with Crippen LogP contribution in [0.5, 0.6) is 0 Å². The number of rotatable bonds is 1. The second-order valence-electron chi connectivity index (χ2n) is 5.06. The third kappa shape index (κ3) is 2.29. The third-order valence-corrected chi connectivity index (χ3v) is 4.83. The molecule has 0 radical (unpaired) electrons. The summed E-state index contributed by atoms with van der Waals surface area (Å²) in [6.45, 7) is 4.12. The van der Waals surface area contributed by atoms with Crippen LogP contribution in [0.1, 0.15) is 12.8 Å². The predicted octanol–water partition coefficient (Wildman–Crippen LogP) is 3.56. The van der Waals surface area contributed by atoms with Gasteiger partial charge in [0.05, 0.1) is 10.7 Å². The first-order chi connectivity index (χ1) is 8.19. The Labute approximate surface area is 120 Å². The lowest BCUT2D eigenvalue weighted by Crippen LogP contribution is -2.58. The van der Waals surface area contributed by atoms with Crippen molar-refractivity contribution in [3.05, 3.63) is 26.8 Å². The Morgan fingerprint density at radius 3 is 2.59 bits per heavy atom. The summed E-state index contributed by atoms with van der Waals surface area (Å²) in [5.74, 6) is 0. The summed E-state index contributed by atoms with van der Waals surface area (Å²) < 4.78 is 6.63. The minimum Gasteiger partial charge on any atom is -0.381 e. The molecule has 0 aromatic heterocycles. The maximum atomic E-state index is 6.29. The molecule has 2 aliphatic rings. The molecular weight excluding hydrogens is 349 g/mol. The van der Waals surface area contributed by atoms with Crippen LogP contribution in [0.2, 0.25) is 5.02 Å². The average molecular weight is 364 g/mol. The number of halogens is 2. The first-order valence-corrected chi connectivity index (χ1v) is 7.42. The lowest BCUT2D eigenvalue weighted by Gasteiger charge is -2.53. The van der Waals surface area contributed by atoms with Crippen LogP contribution in [-0.2, 0) is 4.74 Å². The van der Waals surface area contributed by atoms with Gasteiger partial charge in [0, 0.05) is 35.3 Å². The molecule has 17 heavy (non-hydrogen) atoms. The second-order valence-corrected chi connectivity index (χ2v) is 6.72. The summed E-state index contributed by atoms with van der Waals surface area (Å²) in [5.41, 5.74) is 1.69. The summed E-state index contributed by atoms with van der Waals surface area (Å²) in [6.07, 6.45) is 2.40. The molecule has 0 atom stereocenters. The summed E-state index contributed by atoms with van der Waals surface area (Å²) in [4.78, 5) is 2.39. The van der Waals surface area contributed by atoms with Crippen LogP contribution in [0.4, 0.5) is 5.69 Å². The number of nitrogens with zero attached hydrogens (tertiary/aromatic N) is 1. The standard InChI is InChI=1S/C13H15ClINO/c14-11-7-10(15)1-2-12(11)16-8-13(9-16)3-5-17-6-4-13/h1-2,7H,3-6,8-9H2. The molecule has 2 heterocycles. The molecule has 0 N–H and O–H groups in total. The Kier molecular flexibility index (Phi) is 3.26. The van der Waals surface area contributed by atoms with E-state index in [4.69, 9.17) is 16.3 Å². The fraction of sp³-hybridized carbons (Fsp3) is 0.538. The van der Waals surface area contributed by atoms with E-state index < -0.39 is 0 Å². The lowest BCUT2D eigenvalue weighted by atomic mass is 9.73. The van der Waals surface area contributed by atoms with Gasteiger partial charge in [-0.05, 0) is 53.6 Å². The van der Waals surface area contributed by atoms with Crippen molar-refractivity contribution in [2.24, 2.45) is 5.41 Å². The van der Waals surface area contributed by atoms with Crippen molar-refractivity contribution in [3.8, 4) is 0 Å². The molecule has 2 fully saturated rings. The van der Waals surface area contributed by atoms with Gasteiger partial charge in [0.15, 0.2) is 0 Å². The Hall–Kier alpha value is -0.000000000000000132. The monoisotopic (exact) mass is 363 g/mol. The van der Waals surface area contributed by atoms with Gasteiger partial charge in [-0.2, -0.15) is 0 Å². The first kappa shape index (κ1) is 12.1. The van der Waals surface area contributed by atoms with Crippen molar-refractivity contribution >= 4 is 39.9 Å². The van der Waals surface area contributed by atoms with E-state index in [1.165, 1.54) is 22.1 Å². The number of anilines is 1. The van der Waals surface area contributed by atoms with Gasteiger partial charge in [-0.25, -0.2) is 0 Å². The zero-order valence-corrected chi connectivity index (χ0v) is 12.5. The van der Waals surface area contributed by atoms with Crippen LogP contribution < -0.4 is 4.90 Å². The minimum atomic E-state index is 0.505. The van der Waals surface area contributed by atoms with Gasteiger partial charge in [0.25, 0.3) is 0 Å². The van der Waals surface area contributed by atoms with Crippen molar-refractivity contribution in [1.29, 1.82) is 0 Å². The Balaban J connectivity index is 1.72. The number of hydrogen-bond donors (Lipinski definition) is 0. The highest BCUT2D eigenvalue weighted by Gasteiger charge is 2.44. The molecule has 1 aromatic carbocycles. The molecule has 2 nitrogen and oxygen atoms in total. The molecule has 0 unspecified atom stereocenters. The maximum absolute atomic E-state index is 6.29. The summed E-state index contributed by atoms with van der Waals surface area (Å²) in [5, 5.41) is 0.874. The molecule has 0 aliphatic carbocycles. The van der Waals surface area contributed by atoms with E-state index in [1.807, 2.05) is 6.07 Å². The molecule has 2 saturated heterocycles. The van der Waals surface area contributed by atoms with Gasteiger partial charge in [-0.3, -0.25) is 0 Å². The molecule has 1 aromatic rings. The third-order valence-electron chi connectivity index (χ3n) is 3.86. The highest BCUT2D eigenvalue weighted by molar-refractivity contribution is 14.1. The maximum Gasteiger partial charge on any atom is 0.0650 e. The molecule has 1 spiro atoms. The topological polar surface area (TPSA) is 12.5 Å². The van der Waals surface area contributed by atoms with Crippen LogP contribution in [0.15, 0.2) is 18.2 Å². The molecule has 0 saturated carbocycles. The zero-order valence-electron chi connectivity index (χ0n) is 9.59. The number of benzene rings is 1. The first-order valence-electron chi connectivity index (χ1n) is 5.96. The van der Waals surface area contributed by atoms with E-state index in [0.717, 1.165) is 31.3 Å². The molecule has 4 heteroatoms. The number of hydrogen-bond acceptors (Lipinski definition) is 2. The van der Waals surface area contributed by atoms with Crippen molar-refractivity contribution in [2.45, 2.75) is 12.8 Å². The average Bonchev–Trinajstić information content (AvgIpc) is 2.27. The zero-order chi connectivity index (χ0) is 11.9. The normalized spacial score (nSPS) is 22.6. The van der Waals surface area contributed by atoms with E-state index in [2.05, 4.69) is 39.6 Å². The molecule has 2 aliphatic heterocycles. The van der Waals surface area contributed by atoms with Gasteiger partial charge in [-0.15, -0.1) is 0 Å². The van der Waals surface area contributed by atoms with E-state index in [-0.39, 0.29) is 0 Å². The predicted molar refractivity (Wildman–Crippen MR) is 78.9 cm³/mol. The van der Waals surface area contributed by atoms with Crippen molar-refractivity contribution < 1.29 is 4.74 Å². The summed E-state index contributed by atoms with van der Waals surface area (Å²) >= 11 is 8.59. The second kappa shape index (κ2) is 4.59. The fourth-order valence-electron chi connectivity index (χ4n) is 2.79. The van der Waals surface area contributed by atoms with Gasteiger partial charge in [0.2, 0.25) is 0 Å². The highest BCUT2D eigenvalue weighted by atomic mass is 127. The van der Waals surface area contributed by atoms with E-state index in [1.54, 1.807) is 0 Å². The lowest BCUT2D eigenvalue weighted by molar-refractivity contribution is -0.000183. The molecular formula is C13H15ClINO. The molecule has 92 valence electrons. The molecule has 0 amide bonds. The minimum absolute atomic E-state index is 0.505.